The predicted octanol–water partition coefficient (Wildman–Crippen LogP) is 6.22. The van der Waals surface area contributed by atoms with E-state index >= 15 is 0 Å². The van der Waals surface area contributed by atoms with E-state index in [-0.39, 0.29) is 36.4 Å². The zero-order chi connectivity index (χ0) is 34.2. The van der Waals surface area contributed by atoms with E-state index in [0.29, 0.717) is 29.3 Å². The summed E-state index contributed by atoms with van der Waals surface area (Å²) in [5, 5.41) is 15.9. The second-order valence-electron chi connectivity index (χ2n) is 12.0. The van der Waals surface area contributed by atoms with Crippen LogP contribution in [0.2, 0.25) is 0 Å². The number of carbonyl (C=O) groups excluding carboxylic acids is 4. The lowest BCUT2D eigenvalue weighted by Crippen LogP contribution is -2.33. The van der Waals surface area contributed by atoms with Gasteiger partial charge in [0.1, 0.15) is 19.3 Å². The molecule has 1 aliphatic rings. The van der Waals surface area contributed by atoms with Crippen molar-refractivity contribution in [1.29, 1.82) is 0 Å². The first-order valence-corrected chi connectivity index (χ1v) is 17.2. The Morgan fingerprint density at radius 1 is 0.936 bits per heavy atom. The molecule has 11 heteroatoms. The van der Waals surface area contributed by atoms with Crippen LogP contribution in [0.25, 0.3) is 6.08 Å². The molecule has 1 amide bonds. The van der Waals surface area contributed by atoms with Gasteiger partial charge in [0.15, 0.2) is 0 Å². The van der Waals surface area contributed by atoms with Gasteiger partial charge in [-0.05, 0) is 63.1 Å². The number of esters is 3. The van der Waals surface area contributed by atoms with E-state index in [2.05, 4.69) is 12.0 Å². The third-order valence-corrected chi connectivity index (χ3v) is 8.70. The van der Waals surface area contributed by atoms with Gasteiger partial charge in [0.05, 0.1) is 40.3 Å². The highest BCUT2D eigenvalue weighted by Gasteiger charge is 2.31. The number of rotatable bonds is 19. The molecule has 1 heterocycles. The number of benzene rings is 2. The van der Waals surface area contributed by atoms with Gasteiger partial charge >= 0.3 is 17.9 Å². The molecular weight excluding hydrogens is 620 g/mol. The second kappa shape index (κ2) is 19.0. The van der Waals surface area contributed by atoms with Crippen LogP contribution in [0.1, 0.15) is 82.1 Å². The summed E-state index contributed by atoms with van der Waals surface area (Å²) in [6.45, 7) is 7.00. The summed E-state index contributed by atoms with van der Waals surface area (Å²) < 4.78 is 15.7. The number of hydrogen-bond acceptors (Lipinski definition) is 10. The number of aliphatic hydroxyl groups is 1. The van der Waals surface area contributed by atoms with Crippen LogP contribution in [-0.2, 0) is 28.6 Å². The predicted molar refractivity (Wildman–Crippen MR) is 184 cm³/mol. The smallest absolute Gasteiger partial charge is 0.338 e. The molecule has 0 radical (unpaired) electrons. The molecule has 2 aromatic carbocycles. The maximum Gasteiger partial charge on any atom is 0.338 e. The summed E-state index contributed by atoms with van der Waals surface area (Å²) in [6.07, 6.45) is 7.24. The molecule has 1 atom stereocenters. The summed E-state index contributed by atoms with van der Waals surface area (Å²) >= 11 is 1.29. The zero-order valence-corrected chi connectivity index (χ0v) is 28.6. The van der Waals surface area contributed by atoms with Gasteiger partial charge in [-0.2, -0.15) is 10.1 Å². The molecule has 0 fully saturated rings. The number of thioether (sulfide) groups is 1. The number of amides is 1. The Morgan fingerprint density at radius 3 is 2.30 bits per heavy atom. The second-order valence-corrected chi connectivity index (χ2v) is 13.0. The number of aliphatic hydroxyl groups excluding tert-OH is 1. The number of nitrogens with zero attached hydrogens (tertiary/aromatic N) is 2. The van der Waals surface area contributed by atoms with Gasteiger partial charge in [-0.25, -0.2) is 4.79 Å². The molecule has 0 saturated heterocycles. The van der Waals surface area contributed by atoms with Gasteiger partial charge in [-0.1, -0.05) is 69.4 Å². The Bertz CT molecular complexity index is 1410. The molecule has 0 aliphatic carbocycles. The first-order chi connectivity index (χ1) is 22.5. The Balaban J connectivity index is 1.36. The lowest BCUT2D eigenvalue weighted by atomic mass is 9.97. The number of ether oxygens (including phenoxy) is 3. The normalized spacial score (nSPS) is 14.6. The molecule has 10 nitrogen and oxygen atoms in total. The van der Waals surface area contributed by atoms with Crippen LogP contribution < -0.4 is 5.01 Å². The lowest BCUT2D eigenvalue weighted by Gasteiger charge is -2.23. The van der Waals surface area contributed by atoms with Crippen molar-refractivity contribution in [3.8, 4) is 0 Å². The van der Waals surface area contributed by atoms with Gasteiger partial charge in [0, 0.05) is 5.75 Å². The van der Waals surface area contributed by atoms with Crippen LogP contribution >= 0.6 is 11.8 Å². The van der Waals surface area contributed by atoms with Gasteiger partial charge in [0.25, 0.3) is 5.91 Å². The number of hydrazone groups is 1. The Morgan fingerprint density at radius 2 is 1.60 bits per heavy atom. The minimum atomic E-state index is -1.23. The molecule has 3 rings (SSSR count). The van der Waals surface area contributed by atoms with E-state index in [0.717, 1.165) is 24.8 Å². The number of carbonyl (C=O) groups is 4. The fourth-order valence-corrected chi connectivity index (χ4v) is 5.52. The van der Waals surface area contributed by atoms with Crippen LogP contribution in [0.5, 0.6) is 0 Å². The standard InChI is InChI=1S/C36H46N2O8S/c1-5-6-7-8-9-13-20-44-32(40)24-47-25-36(3,4)35(43)46-23-30(39)22-45-34(42)28-16-18-29(19-17-28)38-33(41)31(26(2)37-38)21-27-14-11-10-12-15-27/h10-12,14-19,21,30,39H,5-9,13,20,22-25H2,1-4H3/b31-21-. The molecule has 0 saturated carbocycles. The lowest BCUT2D eigenvalue weighted by molar-refractivity contribution is -0.156. The van der Waals surface area contributed by atoms with E-state index in [1.807, 2.05) is 30.3 Å². The molecule has 47 heavy (non-hydrogen) atoms. The monoisotopic (exact) mass is 666 g/mol. The number of hydrogen-bond donors (Lipinski definition) is 1. The minimum Gasteiger partial charge on any atom is -0.465 e. The van der Waals surface area contributed by atoms with Crippen molar-refractivity contribution in [2.75, 3.05) is 36.3 Å². The van der Waals surface area contributed by atoms with Gasteiger partial charge in [0.2, 0.25) is 0 Å². The van der Waals surface area contributed by atoms with Gasteiger partial charge in [-0.15, -0.1) is 11.8 Å². The Labute approximate surface area is 281 Å². The van der Waals surface area contributed by atoms with E-state index < -0.39 is 23.5 Å². The first kappa shape index (κ1) is 37.5. The zero-order valence-electron chi connectivity index (χ0n) is 27.7. The molecule has 0 spiro atoms. The summed E-state index contributed by atoms with van der Waals surface area (Å²) in [5.41, 5.74) is 1.75. The topological polar surface area (TPSA) is 132 Å². The largest absolute Gasteiger partial charge is 0.465 e. The SMILES string of the molecule is CCCCCCCCOC(=O)CSCC(C)(C)C(=O)OCC(O)COC(=O)c1ccc(N2N=C(C)/C(=C/c3ccccc3)C2=O)cc1. The number of anilines is 1. The molecular formula is C36H46N2O8S. The van der Waals surface area contributed by atoms with Crippen LogP contribution in [-0.4, -0.2) is 72.1 Å². The molecule has 1 aliphatic heterocycles. The third kappa shape index (κ3) is 12.3. The molecule has 0 aromatic heterocycles. The third-order valence-electron chi connectivity index (χ3n) is 7.33. The highest BCUT2D eigenvalue weighted by atomic mass is 32.2. The fraction of sp³-hybridized carbons (Fsp3) is 0.472. The summed E-state index contributed by atoms with van der Waals surface area (Å²) in [6, 6.07) is 15.7. The summed E-state index contributed by atoms with van der Waals surface area (Å²) in [4.78, 5) is 50.2. The highest BCUT2D eigenvalue weighted by Crippen LogP contribution is 2.26. The molecule has 2 aromatic rings. The fourth-order valence-electron chi connectivity index (χ4n) is 4.54. The van der Waals surface area contributed by atoms with Crippen molar-refractivity contribution >= 4 is 53.1 Å². The van der Waals surface area contributed by atoms with Crippen LogP contribution in [0.4, 0.5) is 5.69 Å². The average Bonchev–Trinajstić information content (AvgIpc) is 3.34. The summed E-state index contributed by atoms with van der Waals surface area (Å²) in [7, 11) is 0. The minimum absolute atomic E-state index is 0.139. The van der Waals surface area contributed by atoms with Crippen LogP contribution in [0.15, 0.2) is 65.3 Å². The van der Waals surface area contributed by atoms with Crippen molar-refractivity contribution < 1.29 is 38.5 Å². The van der Waals surface area contributed by atoms with Crippen molar-refractivity contribution in [2.45, 2.75) is 72.3 Å². The highest BCUT2D eigenvalue weighted by molar-refractivity contribution is 8.00. The van der Waals surface area contributed by atoms with Gasteiger partial charge in [-0.3, -0.25) is 14.4 Å². The first-order valence-electron chi connectivity index (χ1n) is 16.0. The van der Waals surface area contributed by atoms with Crippen LogP contribution in [0.3, 0.4) is 0 Å². The maximum absolute atomic E-state index is 13.0. The van der Waals surface area contributed by atoms with E-state index in [1.165, 1.54) is 48.2 Å². The Kier molecular flexibility index (Phi) is 15.2. The molecule has 1 N–H and O–H groups in total. The average molecular weight is 667 g/mol. The molecule has 1 unspecified atom stereocenters. The van der Waals surface area contributed by atoms with Crippen molar-refractivity contribution in [3.63, 3.8) is 0 Å². The van der Waals surface area contributed by atoms with E-state index in [9.17, 15) is 24.3 Å². The number of unbranched alkanes of at least 4 members (excludes halogenated alkanes) is 5. The van der Waals surface area contributed by atoms with E-state index in [4.69, 9.17) is 14.2 Å². The molecule has 0 bridgehead atoms. The Hall–Kier alpha value is -3.96. The van der Waals surface area contributed by atoms with Gasteiger partial charge < -0.3 is 19.3 Å². The molecule has 254 valence electrons. The summed E-state index contributed by atoms with van der Waals surface area (Å²) in [5.74, 6) is -1.33. The van der Waals surface area contributed by atoms with Crippen molar-refractivity contribution in [2.24, 2.45) is 10.5 Å². The van der Waals surface area contributed by atoms with Crippen LogP contribution in [0, 0.1) is 5.41 Å². The van der Waals surface area contributed by atoms with Crippen molar-refractivity contribution in [3.05, 3.63) is 71.3 Å². The van der Waals surface area contributed by atoms with E-state index in [1.54, 1.807) is 39.0 Å². The maximum atomic E-state index is 13.0. The van der Waals surface area contributed by atoms with Crippen molar-refractivity contribution in [1.82, 2.24) is 0 Å². The quantitative estimate of drug-likeness (QED) is 0.0804.